The quantitative estimate of drug-likeness (QED) is 0.0619. The molecule has 0 spiro atoms. The number of ether oxygens (including phenoxy) is 2. The lowest BCUT2D eigenvalue weighted by molar-refractivity contribution is -0.125. The van der Waals surface area contributed by atoms with E-state index in [0.717, 1.165) is 22.3 Å². The van der Waals surface area contributed by atoms with Crippen LogP contribution in [-0.4, -0.2) is 57.0 Å². The summed E-state index contributed by atoms with van der Waals surface area (Å²) in [4.78, 5) is 52.4. The second kappa shape index (κ2) is 22.5. The van der Waals surface area contributed by atoms with Gasteiger partial charge >= 0.3 is 19.9 Å². The molecule has 0 saturated carbocycles. The Morgan fingerprint density at radius 3 is 1.15 bits per heavy atom. The molecule has 0 aliphatic carbocycles. The molecule has 4 N–H and O–H groups in total. The number of amides is 4. The first-order valence-corrected chi connectivity index (χ1v) is 18.3. The highest BCUT2D eigenvalue weighted by Gasteiger charge is 2.29. The van der Waals surface area contributed by atoms with E-state index in [-0.39, 0.29) is 38.3 Å². The van der Waals surface area contributed by atoms with Crippen molar-refractivity contribution < 1.29 is 38.0 Å². The molecule has 1 radical (unpaired) electrons. The first-order chi connectivity index (χ1) is 26.6. The van der Waals surface area contributed by atoms with E-state index in [4.69, 9.17) is 18.8 Å². The van der Waals surface area contributed by atoms with Gasteiger partial charge in [0.15, 0.2) is 0 Å². The number of hydrogen-bond donors (Lipinski definition) is 4. The Bertz CT molecular complexity index is 1620. The van der Waals surface area contributed by atoms with Crippen LogP contribution < -0.4 is 21.3 Å². The van der Waals surface area contributed by atoms with Crippen LogP contribution in [-0.2, 0) is 41.6 Å². The van der Waals surface area contributed by atoms with Crippen LogP contribution >= 0.6 is 0 Å². The van der Waals surface area contributed by atoms with Gasteiger partial charge in [-0.1, -0.05) is 149 Å². The predicted molar refractivity (Wildman–Crippen MR) is 209 cm³/mol. The summed E-state index contributed by atoms with van der Waals surface area (Å²) in [6, 6.07) is 34.2. The van der Waals surface area contributed by atoms with Gasteiger partial charge in [-0.05, 0) is 34.1 Å². The normalized spacial score (nSPS) is 13.1. The van der Waals surface area contributed by atoms with Gasteiger partial charge in [0.1, 0.15) is 25.3 Å². The predicted octanol–water partition coefficient (Wildman–Crippen LogP) is 6.17. The van der Waals surface area contributed by atoms with Crippen LogP contribution in [0.5, 0.6) is 0 Å². The Balaban J connectivity index is 1.32. The Hall–Kier alpha value is -5.66. The summed E-state index contributed by atoms with van der Waals surface area (Å²) in [5.41, 5.74) is 3.22. The van der Waals surface area contributed by atoms with Gasteiger partial charge in [0.05, 0.1) is 25.3 Å². The lowest BCUT2D eigenvalue weighted by Gasteiger charge is -2.26. The number of rotatable bonds is 20. The number of nitrogens with one attached hydrogen (secondary N) is 4. The van der Waals surface area contributed by atoms with Crippen LogP contribution in [0.15, 0.2) is 121 Å². The molecule has 4 aromatic carbocycles. The fraction of sp³-hybridized carbons (Fsp3) is 0.333. The van der Waals surface area contributed by atoms with Crippen molar-refractivity contribution in [3.8, 4) is 0 Å². The molecular weight excluding hydrogens is 699 g/mol. The van der Waals surface area contributed by atoms with Gasteiger partial charge in [0.25, 0.3) is 0 Å². The summed E-state index contributed by atoms with van der Waals surface area (Å²) in [7, 11) is 1.17. The van der Waals surface area contributed by atoms with Crippen molar-refractivity contribution in [1.82, 2.24) is 21.3 Å². The number of alkyl carbamates (subject to hydrolysis) is 2. The minimum absolute atomic E-state index is 0.00578. The van der Waals surface area contributed by atoms with Crippen LogP contribution in [0.4, 0.5) is 9.59 Å². The Kier molecular flexibility index (Phi) is 17.2. The van der Waals surface area contributed by atoms with Gasteiger partial charge < -0.3 is 40.0 Å². The molecule has 2 unspecified atom stereocenters. The van der Waals surface area contributed by atoms with Crippen LogP contribution in [0.1, 0.15) is 62.0 Å². The molecule has 0 heterocycles. The van der Waals surface area contributed by atoms with Crippen molar-refractivity contribution in [2.45, 2.75) is 65.1 Å². The highest BCUT2D eigenvalue weighted by molar-refractivity contribution is 6.18. The van der Waals surface area contributed by atoms with E-state index in [1.54, 1.807) is 0 Å². The fourth-order valence-corrected chi connectivity index (χ4v) is 5.51. The zero-order valence-corrected chi connectivity index (χ0v) is 31.7. The molecule has 4 atom stereocenters. The van der Waals surface area contributed by atoms with Crippen LogP contribution in [0.2, 0.25) is 0 Å². The molecule has 0 saturated heterocycles. The molecule has 289 valence electrons. The van der Waals surface area contributed by atoms with E-state index >= 15 is 0 Å². The standard InChI is InChI=1S/C42H50BN4O8/c1-29(2)37(46-41(50)52-25-31-17-9-5-10-18-31)39(48)44-35(33-21-13-7-14-22-33)27-54-43-55-28-36(34-23-15-8-16-24-34)45-40(49)38(30(3)4)47-42(51)53-26-32-19-11-6-12-20-32/h5-24,29-30,35-38H,25-28H2,1-4H3,(H,44,48)(H,45,49)(H,46,50)(H,47,51)/t35?,36?,37-,38-/m0/s1. The summed E-state index contributed by atoms with van der Waals surface area (Å²) in [6.07, 6.45) is -1.41. The summed E-state index contributed by atoms with van der Waals surface area (Å²) in [6.45, 7) is 7.48. The highest BCUT2D eigenvalue weighted by Crippen LogP contribution is 2.17. The number of carbonyl (C=O) groups excluding carboxylic acids is 4. The number of carbonyl (C=O) groups is 4. The molecule has 0 aliphatic heterocycles. The zero-order valence-electron chi connectivity index (χ0n) is 31.7. The molecule has 55 heavy (non-hydrogen) atoms. The third-order valence-electron chi connectivity index (χ3n) is 8.57. The topological polar surface area (TPSA) is 153 Å². The maximum absolute atomic E-state index is 13.5. The third-order valence-corrected chi connectivity index (χ3v) is 8.57. The van der Waals surface area contributed by atoms with Crippen molar-refractivity contribution in [1.29, 1.82) is 0 Å². The fourth-order valence-electron chi connectivity index (χ4n) is 5.51. The third kappa shape index (κ3) is 14.6. The average molecular weight is 750 g/mol. The van der Waals surface area contributed by atoms with Crippen molar-refractivity contribution in [2.24, 2.45) is 11.8 Å². The van der Waals surface area contributed by atoms with E-state index in [0.29, 0.717) is 0 Å². The smallest absolute Gasteiger partial charge is 0.445 e. The number of hydrogen-bond acceptors (Lipinski definition) is 8. The van der Waals surface area contributed by atoms with E-state index in [9.17, 15) is 19.2 Å². The van der Waals surface area contributed by atoms with Gasteiger partial charge in [0.2, 0.25) is 11.8 Å². The second-order valence-corrected chi connectivity index (χ2v) is 13.6. The maximum Gasteiger partial charge on any atom is 0.488 e. The molecular formula is C42H50BN4O8. The molecule has 12 nitrogen and oxygen atoms in total. The van der Waals surface area contributed by atoms with E-state index in [1.165, 1.54) is 7.69 Å². The van der Waals surface area contributed by atoms with Crippen LogP contribution in [0, 0.1) is 11.8 Å². The molecule has 4 aromatic rings. The summed E-state index contributed by atoms with van der Waals surface area (Å²) < 4.78 is 22.3. The molecule has 4 amide bonds. The average Bonchev–Trinajstić information content (AvgIpc) is 3.20. The van der Waals surface area contributed by atoms with Gasteiger partial charge in [-0.2, -0.15) is 0 Å². The Morgan fingerprint density at radius 2 is 0.818 bits per heavy atom. The van der Waals surface area contributed by atoms with Gasteiger partial charge in [-0.15, -0.1) is 0 Å². The van der Waals surface area contributed by atoms with Gasteiger partial charge in [0, 0.05) is 0 Å². The first-order valence-electron chi connectivity index (χ1n) is 18.3. The molecule has 0 fully saturated rings. The van der Waals surface area contributed by atoms with Crippen molar-refractivity contribution in [2.75, 3.05) is 13.2 Å². The molecule has 0 aliphatic rings. The Morgan fingerprint density at radius 1 is 0.491 bits per heavy atom. The second-order valence-electron chi connectivity index (χ2n) is 13.6. The van der Waals surface area contributed by atoms with Crippen molar-refractivity contribution in [3.63, 3.8) is 0 Å². The van der Waals surface area contributed by atoms with Crippen molar-refractivity contribution in [3.05, 3.63) is 144 Å². The molecule has 4 rings (SSSR count). The largest absolute Gasteiger partial charge is 0.488 e. The Labute approximate surface area is 324 Å². The van der Waals surface area contributed by atoms with Gasteiger partial charge in [-0.3, -0.25) is 9.59 Å². The van der Waals surface area contributed by atoms with Crippen LogP contribution in [0.3, 0.4) is 0 Å². The molecule has 0 bridgehead atoms. The summed E-state index contributed by atoms with van der Waals surface area (Å²) in [5, 5.41) is 11.4. The highest BCUT2D eigenvalue weighted by atomic mass is 16.6. The maximum atomic E-state index is 13.5. The monoisotopic (exact) mass is 749 g/mol. The summed E-state index contributed by atoms with van der Waals surface area (Å²) >= 11 is 0. The first kappa shape index (κ1) is 42.1. The van der Waals surface area contributed by atoms with Crippen molar-refractivity contribution >= 4 is 31.7 Å². The lowest BCUT2D eigenvalue weighted by atomic mass is 10.0. The lowest BCUT2D eigenvalue weighted by Crippen LogP contribution is -2.51. The molecule has 0 aromatic heterocycles. The zero-order chi connectivity index (χ0) is 39.4. The minimum atomic E-state index is -0.875. The summed E-state index contributed by atoms with van der Waals surface area (Å²) in [5.74, 6) is -1.30. The van der Waals surface area contributed by atoms with Gasteiger partial charge in [-0.25, -0.2) is 9.59 Å². The minimum Gasteiger partial charge on any atom is -0.445 e. The molecule has 13 heteroatoms. The van der Waals surface area contributed by atoms with E-state index < -0.39 is 48.2 Å². The van der Waals surface area contributed by atoms with E-state index in [1.807, 2.05) is 149 Å². The van der Waals surface area contributed by atoms with E-state index in [2.05, 4.69) is 21.3 Å². The van der Waals surface area contributed by atoms with Crippen LogP contribution in [0.25, 0.3) is 0 Å². The number of benzene rings is 4. The SMILES string of the molecule is CC(C)[C@H](NC(=O)OCc1ccccc1)C(=O)NC(CO[B]OCC(NC(=O)[C@@H](NC(=O)OCc1ccccc1)C(C)C)c1ccccc1)c1ccccc1.